The molecule has 1 spiro atoms. The van der Waals surface area contributed by atoms with Gasteiger partial charge < -0.3 is 14.5 Å². The van der Waals surface area contributed by atoms with Gasteiger partial charge in [-0.25, -0.2) is 19.9 Å². The molecule has 32 heavy (non-hydrogen) atoms. The van der Waals surface area contributed by atoms with E-state index in [2.05, 4.69) is 39.9 Å². The lowest BCUT2D eigenvalue weighted by Crippen LogP contribution is -2.42. The van der Waals surface area contributed by atoms with Gasteiger partial charge in [-0.05, 0) is 31.6 Å². The zero-order chi connectivity index (χ0) is 22.5. The Morgan fingerprint density at radius 2 is 1.75 bits per heavy atom. The number of ether oxygens (including phenoxy) is 1. The number of piperidine rings is 1. The number of fused-ring (bicyclic) bond motifs is 1. The zero-order valence-corrected chi connectivity index (χ0v) is 17.8. The standard InChI is InChI=1S/C20H23F3N8O/c1-12-13(9-25-18(26-12)20(21,22)23)31-8-5-19(11-31)3-6-30(7-4-19)14-10-24-15-16(27-14)28-29-17(15)32-2/h9-10H,3-8,11H2,1-2H3,(H,27,28,29). The number of methoxy groups -OCH3 is 1. The van der Waals surface area contributed by atoms with Crippen molar-refractivity contribution in [3.63, 3.8) is 0 Å². The summed E-state index contributed by atoms with van der Waals surface area (Å²) in [5.41, 5.74) is 2.36. The van der Waals surface area contributed by atoms with Gasteiger partial charge in [0.05, 0.1) is 30.9 Å². The van der Waals surface area contributed by atoms with Crippen LogP contribution in [0, 0.1) is 12.3 Å². The first-order chi connectivity index (χ1) is 15.3. The highest BCUT2D eigenvalue weighted by Crippen LogP contribution is 2.43. The molecule has 2 fully saturated rings. The fourth-order valence-corrected chi connectivity index (χ4v) is 4.73. The van der Waals surface area contributed by atoms with Crippen LogP contribution in [-0.2, 0) is 6.18 Å². The molecule has 5 rings (SSSR count). The van der Waals surface area contributed by atoms with E-state index in [4.69, 9.17) is 4.74 Å². The van der Waals surface area contributed by atoms with Crippen molar-refractivity contribution in [3.05, 3.63) is 23.9 Å². The highest BCUT2D eigenvalue weighted by atomic mass is 19.4. The van der Waals surface area contributed by atoms with Gasteiger partial charge in [-0.2, -0.15) is 13.2 Å². The van der Waals surface area contributed by atoms with E-state index in [0.29, 0.717) is 28.4 Å². The summed E-state index contributed by atoms with van der Waals surface area (Å²) in [5, 5.41) is 6.90. The molecule has 1 N–H and O–H groups in total. The maximum atomic E-state index is 12.9. The number of nitrogens with one attached hydrogen (secondary N) is 1. The summed E-state index contributed by atoms with van der Waals surface area (Å²) >= 11 is 0. The number of halogens is 3. The lowest BCUT2D eigenvalue weighted by Gasteiger charge is -2.39. The van der Waals surface area contributed by atoms with Gasteiger partial charge >= 0.3 is 6.18 Å². The zero-order valence-electron chi connectivity index (χ0n) is 17.8. The Kier molecular flexibility index (Phi) is 4.82. The number of H-pyrrole nitrogens is 1. The van der Waals surface area contributed by atoms with Crippen molar-refractivity contribution in [1.82, 2.24) is 30.1 Å². The number of aryl methyl sites for hydroxylation is 1. The third kappa shape index (κ3) is 3.56. The van der Waals surface area contributed by atoms with E-state index in [1.165, 1.54) is 6.20 Å². The smallest absolute Gasteiger partial charge is 0.451 e. The van der Waals surface area contributed by atoms with Crippen LogP contribution in [0.15, 0.2) is 12.4 Å². The van der Waals surface area contributed by atoms with Crippen LogP contribution in [0.1, 0.15) is 30.8 Å². The van der Waals surface area contributed by atoms with Crippen molar-refractivity contribution >= 4 is 22.7 Å². The highest BCUT2D eigenvalue weighted by molar-refractivity contribution is 5.77. The normalized spacial score (nSPS) is 18.7. The van der Waals surface area contributed by atoms with Crippen molar-refractivity contribution in [3.8, 4) is 5.88 Å². The summed E-state index contributed by atoms with van der Waals surface area (Å²) in [6.45, 7) is 4.86. The summed E-state index contributed by atoms with van der Waals surface area (Å²) in [6.07, 6.45) is 1.44. The van der Waals surface area contributed by atoms with E-state index in [-0.39, 0.29) is 5.41 Å². The lowest BCUT2D eigenvalue weighted by atomic mass is 9.78. The molecular formula is C20H23F3N8O. The van der Waals surface area contributed by atoms with Gasteiger partial charge in [0.2, 0.25) is 5.82 Å². The van der Waals surface area contributed by atoms with Crippen LogP contribution in [0.5, 0.6) is 5.88 Å². The topological polar surface area (TPSA) is 96.0 Å². The Morgan fingerprint density at radius 1 is 1.03 bits per heavy atom. The minimum Gasteiger partial charge on any atom is -0.478 e. The van der Waals surface area contributed by atoms with Gasteiger partial charge in [0, 0.05) is 26.2 Å². The van der Waals surface area contributed by atoms with Crippen LogP contribution in [0.25, 0.3) is 11.2 Å². The van der Waals surface area contributed by atoms with E-state index < -0.39 is 12.0 Å². The Hall–Kier alpha value is -3.18. The number of hydrogen-bond donors (Lipinski definition) is 1. The average molecular weight is 448 g/mol. The number of nitrogens with zero attached hydrogens (tertiary/aromatic N) is 7. The Balaban J connectivity index is 1.26. The fourth-order valence-electron chi connectivity index (χ4n) is 4.73. The quantitative estimate of drug-likeness (QED) is 0.654. The van der Waals surface area contributed by atoms with Crippen LogP contribution in [0.3, 0.4) is 0 Å². The molecule has 0 aliphatic carbocycles. The van der Waals surface area contributed by atoms with Gasteiger partial charge in [0.25, 0.3) is 5.88 Å². The predicted molar refractivity (Wildman–Crippen MR) is 111 cm³/mol. The van der Waals surface area contributed by atoms with Crippen LogP contribution in [0.4, 0.5) is 24.7 Å². The molecule has 0 atom stereocenters. The van der Waals surface area contributed by atoms with Crippen molar-refractivity contribution in [1.29, 1.82) is 0 Å². The largest absolute Gasteiger partial charge is 0.478 e. The molecule has 0 saturated carbocycles. The molecule has 0 bridgehead atoms. The molecule has 2 aliphatic heterocycles. The van der Waals surface area contributed by atoms with E-state index in [0.717, 1.165) is 51.3 Å². The van der Waals surface area contributed by atoms with Gasteiger partial charge in [0.1, 0.15) is 5.82 Å². The van der Waals surface area contributed by atoms with Gasteiger partial charge in [-0.3, -0.25) is 5.10 Å². The SMILES string of the molecule is COc1n[nH]c2nc(N3CCC4(CC3)CCN(c3cnc(C(F)(F)F)nc3C)C4)cnc12. The molecule has 0 aromatic carbocycles. The maximum absolute atomic E-state index is 12.9. The van der Waals surface area contributed by atoms with Gasteiger partial charge in [-0.1, -0.05) is 0 Å². The summed E-state index contributed by atoms with van der Waals surface area (Å²) in [4.78, 5) is 20.6. The van der Waals surface area contributed by atoms with E-state index in [9.17, 15) is 13.2 Å². The summed E-state index contributed by atoms with van der Waals surface area (Å²) in [7, 11) is 1.54. The van der Waals surface area contributed by atoms with E-state index in [1.807, 2.05) is 0 Å². The number of rotatable bonds is 3. The number of aromatic nitrogens is 6. The average Bonchev–Trinajstić information content (AvgIpc) is 3.37. The molecule has 0 radical (unpaired) electrons. The molecule has 3 aromatic heterocycles. The Morgan fingerprint density at radius 3 is 2.41 bits per heavy atom. The van der Waals surface area contributed by atoms with Gasteiger partial charge in [-0.15, -0.1) is 5.10 Å². The fraction of sp³-hybridized carbons (Fsp3) is 0.550. The maximum Gasteiger partial charge on any atom is 0.451 e. The molecule has 2 aliphatic rings. The molecule has 2 saturated heterocycles. The van der Waals surface area contributed by atoms with Crippen molar-refractivity contribution < 1.29 is 17.9 Å². The number of anilines is 2. The molecule has 170 valence electrons. The van der Waals surface area contributed by atoms with Crippen molar-refractivity contribution in [2.45, 2.75) is 32.4 Å². The van der Waals surface area contributed by atoms with Crippen molar-refractivity contribution in [2.75, 3.05) is 43.1 Å². The molecule has 5 heterocycles. The molecule has 3 aromatic rings. The molecule has 9 nitrogen and oxygen atoms in total. The number of alkyl halides is 3. The monoisotopic (exact) mass is 448 g/mol. The van der Waals surface area contributed by atoms with Crippen molar-refractivity contribution in [2.24, 2.45) is 5.41 Å². The second-order valence-electron chi connectivity index (χ2n) is 8.48. The minimum absolute atomic E-state index is 0.125. The third-order valence-corrected chi connectivity index (χ3v) is 6.55. The van der Waals surface area contributed by atoms with Crippen LogP contribution in [0.2, 0.25) is 0 Å². The van der Waals surface area contributed by atoms with E-state index in [1.54, 1.807) is 20.2 Å². The second kappa shape index (κ2) is 7.45. The Bertz CT molecular complexity index is 1140. The number of hydrogen-bond acceptors (Lipinski definition) is 8. The summed E-state index contributed by atoms with van der Waals surface area (Å²) in [6, 6.07) is 0. The molecule has 0 unspecified atom stereocenters. The first-order valence-corrected chi connectivity index (χ1v) is 10.4. The van der Waals surface area contributed by atoms with Gasteiger partial charge in [0.15, 0.2) is 11.2 Å². The van der Waals surface area contributed by atoms with Crippen LogP contribution in [-0.4, -0.2) is 63.4 Å². The van der Waals surface area contributed by atoms with E-state index >= 15 is 0 Å². The lowest BCUT2D eigenvalue weighted by molar-refractivity contribution is -0.145. The second-order valence-corrected chi connectivity index (χ2v) is 8.48. The summed E-state index contributed by atoms with van der Waals surface area (Å²) in [5.74, 6) is 0.125. The molecule has 12 heteroatoms. The third-order valence-electron chi connectivity index (χ3n) is 6.55. The van der Waals surface area contributed by atoms with Crippen LogP contribution >= 0.6 is 0 Å². The molecular weight excluding hydrogens is 425 g/mol. The predicted octanol–water partition coefficient (Wildman–Crippen LogP) is 2.98. The first-order valence-electron chi connectivity index (χ1n) is 10.4. The Labute approximate surface area is 182 Å². The van der Waals surface area contributed by atoms with Crippen LogP contribution < -0.4 is 14.5 Å². The first kappa shape index (κ1) is 20.7. The summed E-state index contributed by atoms with van der Waals surface area (Å²) < 4.78 is 43.8. The number of aromatic amines is 1. The highest BCUT2D eigenvalue weighted by Gasteiger charge is 2.42. The minimum atomic E-state index is -4.53. The molecule has 0 amide bonds.